The molecule has 0 spiro atoms. The predicted octanol–water partition coefficient (Wildman–Crippen LogP) is 0.810. The Morgan fingerprint density at radius 3 is 2.90 bits per heavy atom. The van der Waals surface area contributed by atoms with Crippen LogP contribution in [0, 0.1) is 11.7 Å². The van der Waals surface area contributed by atoms with Crippen molar-refractivity contribution >= 4 is 11.8 Å². The number of hydrogen-bond donors (Lipinski definition) is 2. The van der Waals surface area contributed by atoms with Crippen LogP contribution in [-0.4, -0.2) is 36.3 Å². The van der Waals surface area contributed by atoms with Crippen molar-refractivity contribution in [1.29, 1.82) is 0 Å². The van der Waals surface area contributed by atoms with Crippen molar-refractivity contribution in [3.05, 3.63) is 35.6 Å². The molecule has 0 aromatic heterocycles. The predicted molar refractivity (Wildman–Crippen MR) is 76.7 cm³/mol. The minimum atomic E-state index is -0.363. The van der Waals surface area contributed by atoms with E-state index in [1.807, 2.05) is 6.07 Å². The number of halogens is 1. The molecule has 6 heteroatoms. The van der Waals surface area contributed by atoms with E-state index in [0.29, 0.717) is 12.5 Å². The van der Waals surface area contributed by atoms with Gasteiger partial charge in [0.2, 0.25) is 11.8 Å². The zero-order valence-corrected chi connectivity index (χ0v) is 12.0. The SMILES string of the molecule is CC1CC(c2cccc(F)c2)N(C(=O)CNC(=O)CN)C1. The Hall–Kier alpha value is -1.95. The van der Waals surface area contributed by atoms with Crippen LogP contribution in [0.3, 0.4) is 0 Å². The summed E-state index contributed by atoms with van der Waals surface area (Å²) in [5.74, 6) is -0.503. The molecule has 1 aliphatic heterocycles. The van der Waals surface area contributed by atoms with E-state index in [-0.39, 0.29) is 36.8 Å². The van der Waals surface area contributed by atoms with Crippen molar-refractivity contribution in [2.24, 2.45) is 11.7 Å². The van der Waals surface area contributed by atoms with Crippen molar-refractivity contribution in [2.45, 2.75) is 19.4 Å². The molecule has 1 saturated heterocycles. The van der Waals surface area contributed by atoms with Crippen LogP contribution in [0.4, 0.5) is 4.39 Å². The molecule has 2 atom stereocenters. The highest BCUT2D eigenvalue weighted by atomic mass is 19.1. The number of likely N-dealkylation sites (tertiary alicyclic amines) is 1. The zero-order chi connectivity index (χ0) is 15.4. The monoisotopic (exact) mass is 293 g/mol. The topological polar surface area (TPSA) is 75.4 Å². The highest BCUT2D eigenvalue weighted by Gasteiger charge is 2.34. The number of amides is 2. The molecule has 1 heterocycles. The molecule has 0 radical (unpaired) electrons. The molecule has 1 fully saturated rings. The summed E-state index contributed by atoms with van der Waals surface area (Å²) in [4.78, 5) is 25.1. The molecular formula is C15H20FN3O2. The zero-order valence-electron chi connectivity index (χ0n) is 12.0. The number of hydrogen-bond acceptors (Lipinski definition) is 3. The molecular weight excluding hydrogens is 273 g/mol. The van der Waals surface area contributed by atoms with Crippen LogP contribution in [0.25, 0.3) is 0 Å². The minimum absolute atomic E-state index is 0.0748. The van der Waals surface area contributed by atoms with Gasteiger partial charge in [-0.2, -0.15) is 0 Å². The summed E-state index contributed by atoms with van der Waals surface area (Å²) in [5.41, 5.74) is 5.98. The average molecular weight is 293 g/mol. The maximum absolute atomic E-state index is 13.4. The largest absolute Gasteiger partial charge is 0.346 e. The Balaban J connectivity index is 2.09. The molecule has 2 rings (SSSR count). The molecule has 2 unspecified atom stereocenters. The third-order valence-corrected chi connectivity index (χ3v) is 3.69. The first-order valence-electron chi connectivity index (χ1n) is 7.03. The molecule has 1 aromatic carbocycles. The van der Waals surface area contributed by atoms with Gasteiger partial charge in [-0.25, -0.2) is 4.39 Å². The van der Waals surface area contributed by atoms with E-state index < -0.39 is 0 Å². The van der Waals surface area contributed by atoms with E-state index in [1.54, 1.807) is 11.0 Å². The fraction of sp³-hybridized carbons (Fsp3) is 0.467. The van der Waals surface area contributed by atoms with Gasteiger partial charge in [0.25, 0.3) is 0 Å². The quantitative estimate of drug-likeness (QED) is 0.862. The van der Waals surface area contributed by atoms with E-state index in [2.05, 4.69) is 12.2 Å². The fourth-order valence-corrected chi connectivity index (χ4v) is 2.70. The summed E-state index contributed by atoms with van der Waals surface area (Å²) >= 11 is 0. The van der Waals surface area contributed by atoms with Crippen LogP contribution in [0.5, 0.6) is 0 Å². The van der Waals surface area contributed by atoms with Crippen molar-refractivity contribution in [3.8, 4) is 0 Å². The summed E-state index contributed by atoms with van der Waals surface area (Å²) in [6.45, 7) is 2.45. The van der Waals surface area contributed by atoms with E-state index in [0.717, 1.165) is 12.0 Å². The molecule has 0 bridgehead atoms. The molecule has 114 valence electrons. The first kappa shape index (κ1) is 15.4. The van der Waals surface area contributed by atoms with Gasteiger partial charge in [0.15, 0.2) is 0 Å². The summed E-state index contributed by atoms with van der Waals surface area (Å²) in [7, 11) is 0. The van der Waals surface area contributed by atoms with Crippen molar-refractivity contribution < 1.29 is 14.0 Å². The second-order valence-corrected chi connectivity index (χ2v) is 5.44. The standard InChI is InChI=1S/C15H20FN3O2/c1-10-5-13(11-3-2-4-12(16)6-11)19(9-10)15(21)8-18-14(20)7-17/h2-4,6,10,13H,5,7-9,17H2,1H3,(H,18,20). The highest BCUT2D eigenvalue weighted by Crippen LogP contribution is 2.35. The number of nitrogens with two attached hydrogens (primary N) is 1. The van der Waals surface area contributed by atoms with Gasteiger partial charge >= 0.3 is 0 Å². The van der Waals surface area contributed by atoms with Gasteiger partial charge in [0, 0.05) is 6.54 Å². The van der Waals surface area contributed by atoms with Gasteiger partial charge in [0.05, 0.1) is 19.1 Å². The van der Waals surface area contributed by atoms with Crippen molar-refractivity contribution in [2.75, 3.05) is 19.6 Å². The van der Waals surface area contributed by atoms with E-state index in [4.69, 9.17) is 5.73 Å². The van der Waals surface area contributed by atoms with Gasteiger partial charge in [-0.1, -0.05) is 19.1 Å². The molecule has 5 nitrogen and oxygen atoms in total. The summed E-state index contributed by atoms with van der Waals surface area (Å²) < 4.78 is 13.4. The van der Waals surface area contributed by atoms with Crippen molar-refractivity contribution in [3.63, 3.8) is 0 Å². The third kappa shape index (κ3) is 3.78. The molecule has 1 aliphatic rings. The maximum atomic E-state index is 13.4. The van der Waals surface area contributed by atoms with E-state index in [1.165, 1.54) is 12.1 Å². The Labute approximate surface area is 123 Å². The van der Waals surface area contributed by atoms with Crippen LogP contribution >= 0.6 is 0 Å². The Bertz CT molecular complexity index is 535. The summed E-state index contributed by atoms with van der Waals surface area (Å²) in [6.07, 6.45) is 0.792. The van der Waals surface area contributed by atoms with Crippen LogP contribution in [-0.2, 0) is 9.59 Å². The van der Waals surface area contributed by atoms with Crippen molar-refractivity contribution in [1.82, 2.24) is 10.2 Å². The number of nitrogens with one attached hydrogen (secondary N) is 1. The first-order valence-corrected chi connectivity index (χ1v) is 7.03. The number of carbonyl (C=O) groups is 2. The van der Waals surface area contributed by atoms with Crippen LogP contribution in [0.2, 0.25) is 0 Å². The second kappa shape index (κ2) is 6.67. The lowest BCUT2D eigenvalue weighted by Gasteiger charge is -2.25. The lowest BCUT2D eigenvalue weighted by Crippen LogP contribution is -2.41. The van der Waals surface area contributed by atoms with E-state index >= 15 is 0 Å². The second-order valence-electron chi connectivity index (χ2n) is 5.44. The molecule has 2 amide bonds. The molecule has 3 N–H and O–H groups in total. The third-order valence-electron chi connectivity index (χ3n) is 3.69. The molecule has 21 heavy (non-hydrogen) atoms. The smallest absolute Gasteiger partial charge is 0.242 e. The lowest BCUT2D eigenvalue weighted by atomic mass is 10.0. The van der Waals surface area contributed by atoms with Gasteiger partial charge in [0.1, 0.15) is 5.82 Å². The Kier molecular flexibility index (Phi) is 4.90. The number of carbonyl (C=O) groups excluding carboxylic acids is 2. The Morgan fingerprint density at radius 1 is 1.48 bits per heavy atom. The average Bonchev–Trinajstić information content (AvgIpc) is 2.86. The van der Waals surface area contributed by atoms with Gasteiger partial charge in [-0.3, -0.25) is 9.59 Å². The number of nitrogens with zero attached hydrogens (tertiary/aromatic N) is 1. The fourth-order valence-electron chi connectivity index (χ4n) is 2.70. The van der Waals surface area contributed by atoms with Crippen LogP contribution in [0.15, 0.2) is 24.3 Å². The highest BCUT2D eigenvalue weighted by molar-refractivity contribution is 5.85. The van der Waals surface area contributed by atoms with Crippen LogP contribution < -0.4 is 11.1 Å². The minimum Gasteiger partial charge on any atom is -0.346 e. The van der Waals surface area contributed by atoms with Gasteiger partial charge < -0.3 is 16.0 Å². The van der Waals surface area contributed by atoms with Gasteiger partial charge in [-0.15, -0.1) is 0 Å². The number of benzene rings is 1. The first-order chi connectivity index (χ1) is 10.0. The maximum Gasteiger partial charge on any atom is 0.242 e. The van der Waals surface area contributed by atoms with Crippen LogP contribution in [0.1, 0.15) is 24.9 Å². The summed E-state index contributed by atoms with van der Waals surface area (Å²) in [6, 6.07) is 6.17. The molecule has 0 saturated carbocycles. The molecule has 1 aromatic rings. The lowest BCUT2D eigenvalue weighted by molar-refractivity contribution is -0.133. The van der Waals surface area contributed by atoms with Gasteiger partial charge in [-0.05, 0) is 30.0 Å². The molecule has 0 aliphatic carbocycles. The Morgan fingerprint density at radius 2 is 2.24 bits per heavy atom. The normalized spacial score (nSPS) is 21.4. The number of rotatable bonds is 4. The van der Waals surface area contributed by atoms with E-state index in [9.17, 15) is 14.0 Å². The summed E-state index contributed by atoms with van der Waals surface area (Å²) in [5, 5.41) is 2.48.